The molecule has 4 nitrogen and oxygen atoms in total. The van der Waals surface area contributed by atoms with Gasteiger partial charge in [-0.25, -0.2) is 8.42 Å². The molecular formula is C11H16N2O2S. The summed E-state index contributed by atoms with van der Waals surface area (Å²) in [6, 6.07) is 5.65. The fourth-order valence-corrected chi connectivity index (χ4v) is 3.09. The third-order valence-corrected chi connectivity index (χ3v) is 4.08. The van der Waals surface area contributed by atoms with Crippen molar-refractivity contribution in [3.63, 3.8) is 0 Å². The zero-order chi connectivity index (χ0) is 11.6. The highest BCUT2D eigenvalue weighted by molar-refractivity contribution is 7.92. The standard InChI is InChI=1S/C11H16N2O2S/c1-2-8-16(14,15)13-11-5-3-4-10-9(11)6-7-12-10/h3-5,12-13H,2,6-8H2,1H3. The molecule has 0 saturated heterocycles. The normalized spacial score (nSPS) is 14.3. The Morgan fingerprint density at radius 3 is 3.00 bits per heavy atom. The van der Waals surface area contributed by atoms with Crippen molar-refractivity contribution in [1.29, 1.82) is 0 Å². The van der Waals surface area contributed by atoms with Gasteiger partial charge < -0.3 is 5.32 Å². The van der Waals surface area contributed by atoms with Gasteiger partial charge in [-0.3, -0.25) is 4.72 Å². The SMILES string of the molecule is CCCS(=O)(=O)Nc1cccc2c1CCN2. The van der Waals surface area contributed by atoms with E-state index < -0.39 is 10.0 Å². The molecule has 0 aliphatic carbocycles. The first-order valence-electron chi connectivity index (χ1n) is 5.48. The van der Waals surface area contributed by atoms with Crippen molar-refractivity contribution in [3.05, 3.63) is 23.8 Å². The van der Waals surface area contributed by atoms with Crippen molar-refractivity contribution in [2.75, 3.05) is 22.3 Å². The van der Waals surface area contributed by atoms with Gasteiger partial charge in [0.15, 0.2) is 0 Å². The second-order valence-electron chi connectivity index (χ2n) is 3.93. The summed E-state index contributed by atoms with van der Waals surface area (Å²) in [7, 11) is -3.18. The Hall–Kier alpha value is -1.23. The van der Waals surface area contributed by atoms with Crippen LogP contribution >= 0.6 is 0 Å². The van der Waals surface area contributed by atoms with Gasteiger partial charge in [-0.2, -0.15) is 0 Å². The molecule has 0 amide bonds. The van der Waals surface area contributed by atoms with Gasteiger partial charge in [-0.1, -0.05) is 13.0 Å². The monoisotopic (exact) mass is 240 g/mol. The first-order valence-corrected chi connectivity index (χ1v) is 7.14. The number of anilines is 2. The van der Waals surface area contributed by atoms with Crippen LogP contribution in [0.1, 0.15) is 18.9 Å². The van der Waals surface area contributed by atoms with Gasteiger partial charge in [-0.05, 0) is 25.0 Å². The van der Waals surface area contributed by atoms with E-state index in [1.165, 1.54) is 0 Å². The van der Waals surface area contributed by atoms with Crippen LogP contribution in [-0.2, 0) is 16.4 Å². The summed E-state index contributed by atoms with van der Waals surface area (Å²) in [6.45, 7) is 2.73. The minimum Gasteiger partial charge on any atom is -0.384 e. The second kappa shape index (κ2) is 4.33. The summed E-state index contributed by atoms with van der Waals surface area (Å²) in [5.74, 6) is 0.171. The van der Waals surface area contributed by atoms with Crippen molar-refractivity contribution < 1.29 is 8.42 Å². The van der Waals surface area contributed by atoms with E-state index in [0.29, 0.717) is 6.42 Å². The Kier molecular flexibility index (Phi) is 3.05. The first kappa shape index (κ1) is 11.3. The van der Waals surface area contributed by atoms with Crippen molar-refractivity contribution in [1.82, 2.24) is 0 Å². The van der Waals surface area contributed by atoms with Crippen LogP contribution in [-0.4, -0.2) is 20.7 Å². The van der Waals surface area contributed by atoms with Gasteiger partial charge in [0.2, 0.25) is 10.0 Å². The molecule has 1 aromatic rings. The fraction of sp³-hybridized carbons (Fsp3) is 0.455. The highest BCUT2D eigenvalue weighted by Gasteiger charge is 2.17. The molecule has 88 valence electrons. The number of hydrogen-bond donors (Lipinski definition) is 2. The Balaban J connectivity index is 2.26. The van der Waals surface area contributed by atoms with Crippen LogP contribution in [0.15, 0.2) is 18.2 Å². The smallest absolute Gasteiger partial charge is 0.232 e. The fourth-order valence-electron chi connectivity index (χ4n) is 1.93. The maximum Gasteiger partial charge on any atom is 0.232 e. The minimum atomic E-state index is -3.18. The number of benzene rings is 1. The maximum atomic E-state index is 11.7. The molecule has 0 saturated carbocycles. The van der Waals surface area contributed by atoms with E-state index in [9.17, 15) is 8.42 Å². The van der Waals surface area contributed by atoms with Crippen LogP contribution in [0.4, 0.5) is 11.4 Å². The molecule has 1 aliphatic rings. The lowest BCUT2D eigenvalue weighted by Crippen LogP contribution is -2.16. The van der Waals surface area contributed by atoms with Crippen molar-refractivity contribution in [3.8, 4) is 0 Å². The number of sulfonamides is 1. The minimum absolute atomic E-state index is 0.171. The van der Waals surface area contributed by atoms with E-state index in [-0.39, 0.29) is 5.75 Å². The van der Waals surface area contributed by atoms with Gasteiger partial charge >= 0.3 is 0 Å². The summed E-state index contributed by atoms with van der Waals surface area (Å²) in [6.07, 6.45) is 1.50. The topological polar surface area (TPSA) is 58.2 Å². The van der Waals surface area contributed by atoms with Gasteiger partial charge in [0, 0.05) is 17.8 Å². The van der Waals surface area contributed by atoms with Crippen LogP contribution in [0.5, 0.6) is 0 Å². The zero-order valence-electron chi connectivity index (χ0n) is 9.29. The lowest BCUT2D eigenvalue weighted by Gasteiger charge is -2.10. The second-order valence-corrected chi connectivity index (χ2v) is 5.77. The molecule has 2 N–H and O–H groups in total. The van der Waals surface area contributed by atoms with E-state index in [1.807, 2.05) is 25.1 Å². The van der Waals surface area contributed by atoms with E-state index >= 15 is 0 Å². The third-order valence-electron chi connectivity index (χ3n) is 2.60. The van der Waals surface area contributed by atoms with Crippen LogP contribution in [0.3, 0.4) is 0 Å². The predicted octanol–water partition coefficient (Wildman–Crippen LogP) is 1.81. The first-order chi connectivity index (χ1) is 7.62. The van der Waals surface area contributed by atoms with Gasteiger partial charge in [0.1, 0.15) is 0 Å². The summed E-state index contributed by atoms with van der Waals surface area (Å²) in [5, 5.41) is 3.22. The predicted molar refractivity (Wildman–Crippen MR) is 66.3 cm³/mol. The highest BCUT2D eigenvalue weighted by atomic mass is 32.2. The van der Waals surface area contributed by atoms with Crippen LogP contribution < -0.4 is 10.0 Å². The van der Waals surface area contributed by atoms with Crippen molar-refractivity contribution >= 4 is 21.4 Å². The third kappa shape index (κ3) is 2.29. The van der Waals surface area contributed by atoms with Gasteiger partial charge in [0.25, 0.3) is 0 Å². The van der Waals surface area contributed by atoms with Crippen molar-refractivity contribution in [2.24, 2.45) is 0 Å². The lowest BCUT2D eigenvalue weighted by molar-refractivity contribution is 0.600. The highest BCUT2D eigenvalue weighted by Crippen LogP contribution is 2.29. The average molecular weight is 240 g/mol. The molecule has 16 heavy (non-hydrogen) atoms. The molecule has 1 heterocycles. The zero-order valence-corrected chi connectivity index (χ0v) is 10.1. The molecule has 2 rings (SSSR count). The van der Waals surface area contributed by atoms with Gasteiger partial charge in [0.05, 0.1) is 11.4 Å². The number of nitrogens with one attached hydrogen (secondary N) is 2. The summed E-state index contributed by atoms with van der Waals surface area (Å²) in [4.78, 5) is 0. The summed E-state index contributed by atoms with van der Waals surface area (Å²) < 4.78 is 26.0. The largest absolute Gasteiger partial charge is 0.384 e. The molecule has 0 aromatic heterocycles. The lowest BCUT2D eigenvalue weighted by atomic mass is 10.1. The molecule has 0 atom stereocenters. The quantitative estimate of drug-likeness (QED) is 0.843. The van der Waals surface area contributed by atoms with Crippen LogP contribution in [0.25, 0.3) is 0 Å². The Morgan fingerprint density at radius 1 is 1.44 bits per heavy atom. The van der Waals surface area contributed by atoms with E-state index in [2.05, 4.69) is 10.0 Å². The van der Waals surface area contributed by atoms with Crippen LogP contribution in [0, 0.1) is 0 Å². The molecule has 0 fully saturated rings. The average Bonchev–Trinajstić information content (AvgIpc) is 2.65. The van der Waals surface area contributed by atoms with Crippen molar-refractivity contribution in [2.45, 2.75) is 19.8 Å². The molecule has 1 aromatic carbocycles. The maximum absolute atomic E-state index is 11.7. The Labute approximate surface area is 96.1 Å². The Bertz CT molecular complexity index is 483. The molecule has 0 radical (unpaired) electrons. The summed E-state index contributed by atoms with van der Waals surface area (Å²) >= 11 is 0. The Morgan fingerprint density at radius 2 is 2.25 bits per heavy atom. The van der Waals surface area contributed by atoms with E-state index in [1.54, 1.807) is 0 Å². The molecule has 0 unspecified atom stereocenters. The number of hydrogen-bond acceptors (Lipinski definition) is 3. The molecule has 0 spiro atoms. The number of fused-ring (bicyclic) bond motifs is 1. The van der Waals surface area contributed by atoms with Crippen LogP contribution in [0.2, 0.25) is 0 Å². The molecule has 1 aliphatic heterocycles. The summed E-state index contributed by atoms with van der Waals surface area (Å²) in [5.41, 5.74) is 2.83. The van der Waals surface area contributed by atoms with E-state index in [0.717, 1.165) is 29.9 Å². The molecular weight excluding hydrogens is 224 g/mol. The van der Waals surface area contributed by atoms with Gasteiger partial charge in [-0.15, -0.1) is 0 Å². The molecule has 5 heteroatoms. The van der Waals surface area contributed by atoms with E-state index in [4.69, 9.17) is 0 Å². The number of rotatable bonds is 4. The molecule has 0 bridgehead atoms.